The molecular weight excluding hydrogens is 436 g/mol. The van der Waals surface area contributed by atoms with Crippen LogP contribution >= 0.6 is 0 Å². The summed E-state index contributed by atoms with van der Waals surface area (Å²) in [6.07, 6.45) is 0. The lowest BCUT2D eigenvalue weighted by atomic mass is 9.93. The summed E-state index contributed by atoms with van der Waals surface area (Å²) in [6.45, 7) is 0. The van der Waals surface area contributed by atoms with Gasteiger partial charge in [0.05, 0.1) is 11.4 Å². The summed E-state index contributed by atoms with van der Waals surface area (Å²) in [5, 5.41) is 7.52. The van der Waals surface area contributed by atoms with Gasteiger partial charge in [0.2, 0.25) is 0 Å². The van der Waals surface area contributed by atoms with Crippen molar-refractivity contribution in [3.8, 4) is 33.9 Å². The Hall–Kier alpha value is -4.82. The Morgan fingerprint density at radius 2 is 0.722 bits per heavy atom. The number of aromatic nitrogens is 2. The summed E-state index contributed by atoms with van der Waals surface area (Å²) >= 11 is 0. The van der Waals surface area contributed by atoms with Crippen molar-refractivity contribution in [1.29, 1.82) is 0 Å². The SMILES string of the molecule is c1ccc(-c2cc(-c3ccccc3)nc(-c3ccc4c5ccccc5c5ccccc5c4c3)n2)cc1. The van der Waals surface area contributed by atoms with E-state index in [1.165, 1.54) is 32.3 Å². The van der Waals surface area contributed by atoms with Gasteiger partial charge < -0.3 is 0 Å². The van der Waals surface area contributed by atoms with Gasteiger partial charge in [0.1, 0.15) is 0 Å². The first-order valence-corrected chi connectivity index (χ1v) is 12.2. The predicted octanol–water partition coefficient (Wildman–Crippen LogP) is 8.94. The van der Waals surface area contributed by atoms with Gasteiger partial charge in [-0.25, -0.2) is 9.97 Å². The Bertz CT molecular complexity index is 1780. The first-order chi connectivity index (χ1) is 17.8. The van der Waals surface area contributed by atoms with Crippen LogP contribution in [-0.2, 0) is 0 Å². The van der Waals surface area contributed by atoms with Crippen LogP contribution in [0, 0.1) is 0 Å². The average molecular weight is 459 g/mol. The molecule has 0 N–H and O–H groups in total. The van der Waals surface area contributed by atoms with Crippen molar-refractivity contribution in [3.05, 3.63) is 133 Å². The van der Waals surface area contributed by atoms with Gasteiger partial charge in [-0.2, -0.15) is 0 Å². The van der Waals surface area contributed by atoms with E-state index in [1.54, 1.807) is 0 Å². The van der Waals surface area contributed by atoms with Crippen LogP contribution in [0.4, 0.5) is 0 Å². The summed E-state index contributed by atoms with van der Waals surface area (Å²) in [6, 6.07) is 46.7. The van der Waals surface area contributed by atoms with E-state index in [-0.39, 0.29) is 0 Å². The Kier molecular flexibility index (Phi) is 4.82. The van der Waals surface area contributed by atoms with Crippen molar-refractivity contribution in [1.82, 2.24) is 9.97 Å². The molecule has 36 heavy (non-hydrogen) atoms. The van der Waals surface area contributed by atoms with Crippen molar-refractivity contribution >= 4 is 32.3 Å². The molecule has 0 spiro atoms. The quantitative estimate of drug-likeness (QED) is 0.247. The third-order valence-electron chi connectivity index (χ3n) is 6.87. The van der Waals surface area contributed by atoms with E-state index in [0.717, 1.165) is 33.9 Å². The predicted molar refractivity (Wildman–Crippen MR) is 151 cm³/mol. The van der Waals surface area contributed by atoms with E-state index < -0.39 is 0 Å². The number of hydrogen-bond donors (Lipinski definition) is 0. The fraction of sp³-hybridized carbons (Fsp3) is 0. The molecule has 1 aromatic heterocycles. The molecule has 0 aliphatic carbocycles. The van der Waals surface area contributed by atoms with Crippen molar-refractivity contribution in [2.75, 3.05) is 0 Å². The third kappa shape index (κ3) is 3.43. The van der Waals surface area contributed by atoms with Crippen LogP contribution in [0.25, 0.3) is 66.2 Å². The summed E-state index contributed by atoms with van der Waals surface area (Å²) in [5.74, 6) is 0.731. The highest BCUT2D eigenvalue weighted by Crippen LogP contribution is 2.37. The largest absolute Gasteiger partial charge is 0.228 e. The summed E-state index contributed by atoms with van der Waals surface area (Å²) in [7, 11) is 0. The molecule has 2 heteroatoms. The van der Waals surface area contributed by atoms with Crippen molar-refractivity contribution in [2.24, 2.45) is 0 Å². The van der Waals surface area contributed by atoms with Gasteiger partial charge in [-0.1, -0.05) is 121 Å². The summed E-state index contributed by atoms with van der Waals surface area (Å²) in [5.41, 5.74) is 5.01. The number of benzene rings is 6. The summed E-state index contributed by atoms with van der Waals surface area (Å²) < 4.78 is 0. The average Bonchev–Trinajstić information content (AvgIpc) is 2.98. The molecule has 0 amide bonds. The second-order valence-electron chi connectivity index (χ2n) is 9.05. The normalized spacial score (nSPS) is 11.3. The first kappa shape index (κ1) is 20.5. The number of hydrogen-bond acceptors (Lipinski definition) is 2. The van der Waals surface area contributed by atoms with Crippen LogP contribution < -0.4 is 0 Å². The Balaban J connectivity index is 1.51. The van der Waals surface area contributed by atoms with E-state index in [1.807, 2.05) is 36.4 Å². The highest BCUT2D eigenvalue weighted by atomic mass is 14.9. The molecule has 0 aliphatic heterocycles. The highest BCUT2D eigenvalue weighted by molar-refractivity contribution is 6.25. The second kappa shape index (κ2) is 8.44. The zero-order valence-corrected chi connectivity index (χ0v) is 19.6. The molecule has 0 saturated heterocycles. The van der Waals surface area contributed by atoms with Crippen LogP contribution in [0.2, 0.25) is 0 Å². The zero-order valence-electron chi connectivity index (χ0n) is 19.6. The molecule has 0 radical (unpaired) electrons. The van der Waals surface area contributed by atoms with E-state index in [2.05, 4.69) is 97.1 Å². The minimum absolute atomic E-state index is 0.731. The van der Waals surface area contributed by atoms with Crippen molar-refractivity contribution in [2.45, 2.75) is 0 Å². The van der Waals surface area contributed by atoms with Gasteiger partial charge in [-0.05, 0) is 44.5 Å². The Morgan fingerprint density at radius 1 is 0.306 bits per heavy atom. The molecule has 7 rings (SSSR count). The standard InChI is InChI=1S/C34H22N2/c1-3-11-23(12-4-1)32-22-33(24-13-5-2-6-14-24)36-34(35-32)25-19-20-30-28-17-8-7-15-26(28)27-16-9-10-18-29(27)31(30)21-25/h1-22H. The Morgan fingerprint density at radius 3 is 1.22 bits per heavy atom. The zero-order chi connectivity index (χ0) is 23.9. The van der Waals surface area contributed by atoms with Gasteiger partial charge in [-0.3, -0.25) is 0 Å². The van der Waals surface area contributed by atoms with Gasteiger partial charge in [0, 0.05) is 16.7 Å². The van der Waals surface area contributed by atoms with Crippen LogP contribution in [0.5, 0.6) is 0 Å². The van der Waals surface area contributed by atoms with Crippen LogP contribution in [0.3, 0.4) is 0 Å². The van der Waals surface area contributed by atoms with E-state index >= 15 is 0 Å². The minimum Gasteiger partial charge on any atom is -0.228 e. The minimum atomic E-state index is 0.731. The molecule has 0 saturated carbocycles. The molecule has 0 atom stereocenters. The monoisotopic (exact) mass is 458 g/mol. The molecule has 0 fully saturated rings. The molecular formula is C34H22N2. The van der Waals surface area contributed by atoms with Gasteiger partial charge in [0.25, 0.3) is 0 Å². The maximum absolute atomic E-state index is 5.04. The van der Waals surface area contributed by atoms with Crippen LogP contribution in [-0.4, -0.2) is 9.97 Å². The maximum Gasteiger partial charge on any atom is 0.160 e. The molecule has 0 aliphatic rings. The number of fused-ring (bicyclic) bond motifs is 6. The Labute approximate surface area is 209 Å². The molecule has 0 bridgehead atoms. The lowest BCUT2D eigenvalue weighted by Crippen LogP contribution is -1.96. The molecule has 2 nitrogen and oxygen atoms in total. The molecule has 0 unspecified atom stereocenters. The molecule has 168 valence electrons. The fourth-order valence-corrected chi connectivity index (χ4v) is 5.14. The number of nitrogens with zero attached hydrogens (tertiary/aromatic N) is 2. The van der Waals surface area contributed by atoms with Crippen molar-refractivity contribution in [3.63, 3.8) is 0 Å². The maximum atomic E-state index is 5.04. The fourth-order valence-electron chi connectivity index (χ4n) is 5.14. The van der Waals surface area contributed by atoms with Gasteiger partial charge in [-0.15, -0.1) is 0 Å². The smallest absolute Gasteiger partial charge is 0.160 e. The molecule has 6 aromatic carbocycles. The van der Waals surface area contributed by atoms with Crippen LogP contribution in [0.1, 0.15) is 0 Å². The second-order valence-corrected chi connectivity index (χ2v) is 9.05. The van der Waals surface area contributed by atoms with E-state index in [4.69, 9.17) is 9.97 Å². The van der Waals surface area contributed by atoms with E-state index in [9.17, 15) is 0 Å². The van der Waals surface area contributed by atoms with Gasteiger partial charge >= 0.3 is 0 Å². The molecule has 7 aromatic rings. The lowest BCUT2D eigenvalue weighted by molar-refractivity contribution is 1.18. The van der Waals surface area contributed by atoms with Crippen LogP contribution in [0.15, 0.2) is 133 Å². The lowest BCUT2D eigenvalue weighted by Gasteiger charge is -2.13. The topological polar surface area (TPSA) is 25.8 Å². The highest BCUT2D eigenvalue weighted by Gasteiger charge is 2.13. The number of rotatable bonds is 3. The van der Waals surface area contributed by atoms with E-state index in [0.29, 0.717) is 0 Å². The molecule has 1 heterocycles. The summed E-state index contributed by atoms with van der Waals surface area (Å²) in [4.78, 5) is 10.1. The first-order valence-electron chi connectivity index (χ1n) is 12.2. The third-order valence-corrected chi connectivity index (χ3v) is 6.87. The van der Waals surface area contributed by atoms with Gasteiger partial charge in [0.15, 0.2) is 5.82 Å². The van der Waals surface area contributed by atoms with Crippen molar-refractivity contribution < 1.29 is 0 Å².